The molecule has 1 atom stereocenters. The first-order valence-corrected chi connectivity index (χ1v) is 6.83. The molecule has 1 heterocycles. The average molecular weight is 236 g/mol. The summed E-state index contributed by atoms with van der Waals surface area (Å²) in [5.41, 5.74) is 4.21. The van der Waals surface area contributed by atoms with Gasteiger partial charge in [0.05, 0.1) is 11.7 Å². The molecule has 1 unspecified atom stereocenters. The van der Waals surface area contributed by atoms with Crippen LogP contribution in [0.1, 0.15) is 57.2 Å². The van der Waals surface area contributed by atoms with Crippen LogP contribution in [0.25, 0.3) is 0 Å². The van der Waals surface area contributed by atoms with Gasteiger partial charge in [0.25, 0.3) is 0 Å². The van der Waals surface area contributed by atoms with Gasteiger partial charge in [-0.3, -0.25) is 16.0 Å². The molecule has 0 spiro atoms. The number of aromatic nitrogens is 2. The lowest BCUT2D eigenvalue weighted by atomic mass is 9.97. The number of hydrogen-bond acceptors (Lipinski definition) is 3. The molecule has 4 nitrogen and oxygen atoms in total. The van der Waals surface area contributed by atoms with Gasteiger partial charge in [0.1, 0.15) is 0 Å². The topological polar surface area (TPSA) is 55.9 Å². The van der Waals surface area contributed by atoms with Crippen molar-refractivity contribution in [2.24, 2.45) is 11.8 Å². The summed E-state index contributed by atoms with van der Waals surface area (Å²) in [6.45, 7) is 3.15. The third-order valence-electron chi connectivity index (χ3n) is 3.79. The van der Waals surface area contributed by atoms with Gasteiger partial charge in [0.2, 0.25) is 0 Å². The molecular weight excluding hydrogens is 212 g/mol. The van der Waals surface area contributed by atoms with E-state index in [-0.39, 0.29) is 6.04 Å². The third-order valence-corrected chi connectivity index (χ3v) is 3.79. The van der Waals surface area contributed by atoms with Crippen LogP contribution in [0.5, 0.6) is 0 Å². The first-order chi connectivity index (χ1) is 8.35. The van der Waals surface area contributed by atoms with Crippen molar-refractivity contribution >= 4 is 0 Å². The van der Waals surface area contributed by atoms with E-state index in [9.17, 15) is 0 Å². The van der Waals surface area contributed by atoms with Crippen LogP contribution in [0.3, 0.4) is 0 Å². The van der Waals surface area contributed by atoms with Crippen LogP contribution in [0.2, 0.25) is 0 Å². The Morgan fingerprint density at radius 1 is 1.53 bits per heavy atom. The maximum Gasteiger partial charge on any atom is 0.0631 e. The Labute approximate surface area is 104 Å². The predicted octanol–water partition coefficient (Wildman–Crippen LogP) is 2.38. The fourth-order valence-corrected chi connectivity index (χ4v) is 2.89. The molecule has 0 bridgehead atoms. The summed E-state index contributed by atoms with van der Waals surface area (Å²) in [6, 6.07) is 2.35. The standard InChI is InChI=1S/C13H24N4/c1-2-9-17-13(7-8-15-17)12(16-14)10-11-5-3-4-6-11/h7-8,11-12,16H,2-6,9-10,14H2,1H3. The van der Waals surface area contributed by atoms with Gasteiger partial charge in [-0.15, -0.1) is 0 Å². The van der Waals surface area contributed by atoms with E-state index in [0.717, 1.165) is 25.3 Å². The van der Waals surface area contributed by atoms with Crippen molar-refractivity contribution in [2.45, 2.75) is 58.0 Å². The molecule has 1 aromatic heterocycles. The van der Waals surface area contributed by atoms with Crippen LogP contribution in [0.4, 0.5) is 0 Å². The number of nitrogens with zero attached hydrogens (tertiary/aromatic N) is 2. The largest absolute Gasteiger partial charge is 0.271 e. The lowest BCUT2D eigenvalue weighted by Gasteiger charge is -2.20. The second kappa shape index (κ2) is 6.17. The highest BCUT2D eigenvalue weighted by atomic mass is 15.3. The highest BCUT2D eigenvalue weighted by Gasteiger charge is 2.22. The summed E-state index contributed by atoms with van der Waals surface area (Å²) in [6.07, 6.45) is 9.62. The predicted molar refractivity (Wildman–Crippen MR) is 69.2 cm³/mol. The van der Waals surface area contributed by atoms with Crippen LogP contribution in [0.15, 0.2) is 12.3 Å². The molecule has 1 saturated carbocycles. The quantitative estimate of drug-likeness (QED) is 0.589. The molecule has 0 aromatic carbocycles. The Balaban J connectivity index is 2.02. The summed E-state index contributed by atoms with van der Waals surface area (Å²) in [4.78, 5) is 0. The van der Waals surface area contributed by atoms with Crippen LogP contribution in [-0.2, 0) is 6.54 Å². The summed E-state index contributed by atoms with van der Waals surface area (Å²) in [5.74, 6) is 6.55. The van der Waals surface area contributed by atoms with Gasteiger partial charge in [-0.05, 0) is 24.8 Å². The molecule has 1 aliphatic carbocycles. The number of nitrogens with two attached hydrogens (primary N) is 1. The van der Waals surface area contributed by atoms with Crippen molar-refractivity contribution < 1.29 is 0 Å². The fourth-order valence-electron chi connectivity index (χ4n) is 2.89. The second-order valence-corrected chi connectivity index (χ2v) is 5.08. The molecule has 2 rings (SSSR count). The lowest BCUT2D eigenvalue weighted by molar-refractivity contribution is 0.377. The summed E-state index contributed by atoms with van der Waals surface area (Å²) in [7, 11) is 0. The van der Waals surface area contributed by atoms with Crippen LogP contribution in [0, 0.1) is 5.92 Å². The number of nitrogens with one attached hydrogen (secondary N) is 1. The monoisotopic (exact) mass is 236 g/mol. The number of aryl methyl sites for hydroxylation is 1. The van der Waals surface area contributed by atoms with Gasteiger partial charge in [-0.25, -0.2) is 0 Å². The van der Waals surface area contributed by atoms with Crippen molar-refractivity contribution in [3.8, 4) is 0 Å². The Kier molecular flexibility index (Phi) is 4.57. The second-order valence-electron chi connectivity index (χ2n) is 5.08. The third kappa shape index (κ3) is 3.07. The van der Waals surface area contributed by atoms with Crippen molar-refractivity contribution in [1.82, 2.24) is 15.2 Å². The zero-order valence-corrected chi connectivity index (χ0v) is 10.7. The molecular formula is C13H24N4. The lowest BCUT2D eigenvalue weighted by Crippen LogP contribution is -2.31. The van der Waals surface area contributed by atoms with Crippen molar-refractivity contribution in [3.05, 3.63) is 18.0 Å². The van der Waals surface area contributed by atoms with Crippen LogP contribution in [-0.4, -0.2) is 9.78 Å². The van der Waals surface area contributed by atoms with E-state index in [1.807, 2.05) is 6.20 Å². The minimum atomic E-state index is 0.257. The first-order valence-electron chi connectivity index (χ1n) is 6.83. The number of hydrogen-bond donors (Lipinski definition) is 2. The van der Waals surface area contributed by atoms with Gasteiger partial charge in [-0.1, -0.05) is 32.6 Å². The summed E-state index contributed by atoms with van der Waals surface area (Å²) in [5, 5.41) is 4.37. The minimum absolute atomic E-state index is 0.257. The van der Waals surface area contributed by atoms with Gasteiger partial charge in [0, 0.05) is 12.7 Å². The van der Waals surface area contributed by atoms with E-state index in [0.29, 0.717) is 0 Å². The van der Waals surface area contributed by atoms with Gasteiger partial charge >= 0.3 is 0 Å². The molecule has 0 saturated heterocycles. The zero-order valence-electron chi connectivity index (χ0n) is 10.7. The Bertz CT molecular complexity index is 328. The SMILES string of the molecule is CCCn1nccc1C(CC1CCCC1)NN. The molecule has 0 amide bonds. The molecule has 3 N–H and O–H groups in total. The van der Waals surface area contributed by atoms with E-state index in [2.05, 4.69) is 28.2 Å². The van der Waals surface area contributed by atoms with Gasteiger partial charge in [0.15, 0.2) is 0 Å². The highest BCUT2D eigenvalue weighted by Crippen LogP contribution is 2.32. The van der Waals surface area contributed by atoms with Crippen LogP contribution < -0.4 is 11.3 Å². The normalized spacial score (nSPS) is 18.7. The number of hydrazine groups is 1. The van der Waals surface area contributed by atoms with Crippen molar-refractivity contribution in [2.75, 3.05) is 0 Å². The molecule has 1 aromatic rings. The Morgan fingerprint density at radius 3 is 2.94 bits per heavy atom. The fraction of sp³-hybridized carbons (Fsp3) is 0.769. The molecule has 1 aliphatic rings. The summed E-state index contributed by atoms with van der Waals surface area (Å²) < 4.78 is 2.08. The number of rotatable bonds is 6. The van der Waals surface area contributed by atoms with Gasteiger partial charge < -0.3 is 0 Å². The van der Waals surface area contributed by atoms with E-state index in [1.54, 1.807) is 0 Å². The summed E-state index contributed by atoms with van der Waals surface area (Å²) >= 11 is 0. The van der Waals surface area contributed by atoms with Crippen LogP contribution >= 0.6 is 0 Å². The Morgan fingerprint density at radius 2 is 2.29 bits per heavy atom. The molecule has 17 heavy (non-hydrogen) atoms. The molecule has 0 radical (unpaired) electrons. The smallest absolute Gasteiger partial charge is 0.0631 e. The minimum Gasteiger partial charge on any atom is -0.271 e. The Hall–Kier alpha value is -0.870. The van der Waals surface area contributed by atoms with Crippen molar-refractivity contribution in [1.29, 1.82) is 0 Å². The van der Waals surface area contributed by atoms with E-state index in [1.165, 1.54) is 31.4 Å². The molecule has 4 heteroatoms. The first kappa shape index (κ1) is 12.6. The highest BCUT2D eigenvalue weighted by molar-refractivity contribution is 5.07. The average Bonchev–Trinajstić information content (AvgIpc) is 2.97. The maximum absolute atomic E-state index is 5.72. The molecule has 1 fully saturated rings. The zero-order chi connectivity index (χ0) is 12.1. The van der Waals surface area contributed by atoms with E-state index in [4.69, 9.17) is 5.84 Å². The molecule has 0 aliphatic heterocycles. The molecule has 96 valence electrons. The van der Waals surface area contributed by atoms with Gasteiger partial charge in [-0.2, -0.15) is 5.10 Å². The van der Waals surface area contributed by atoms with Crippen molar-refractivity contribution in [3.63, 3.8) is 0 Å². The maximum atomic E-state index is 5.72. The van der Waals surface area contributed by atoms with E-state index >= 15 is 0 Å². The van der Waals surface area contributed by atoms with E-state index < -0.39 is 0 Å².